The molecule has 126 valence electrons. The molecule has 0 amide bonds. The number of hydrogen-bond donors (Lipinski definition) is 1. The Hall–Kier alpha value is -1.85. The molecule has 2 rings (SSSR count). The van der Waals surface area contributed by atoms with E-state index >= 15 is 0 Å². The van der Waals surface area contributed by atoms with Crippen molar-refractivity contribution in [3.05, 3.63) is 36.0 Å². The summed E-state index contributed by atoms with van der Waals surface area (Å²) < 4.78 is 12.9. The minimum Gasteiger partial charge on any atom is -0.464 e. The first-order valence-corrected chi connectivity index (χ1v) is 8.06. The van der Waals surface area contributed by atoms with E-state index < -0.39 is 6.10 Å². The van der Waals surface area contributed by atoms with E-state index in [1.807, 2.05) is 48.9 Å². The van der Waals surface area contributed by atoms with Crippen LogP contribution in [0.2, 0.25) is 0 Å². The number of fused-ring (bicyclic) bond motifs is 1. The average Bonchev–Trinajstić information content (AvgIpc) is 2.91. The van der Waals surface area contributed by atoms with Crippen LogP contribution in [0.5, 0.6) is 0 Å². The summed E-state index contributed by atoms with van der Waals surface area (Å²) in [5.74, 6) is -0.326. The van der Waals surface area contributed by atoms with Gasteiger partial charge < -0.3 is 19.1 Å². The topological polar surface area (TPSA) is 60.7 Å². The van der Waals surface area contributed by atoms with E-state index in [1.54, 1.807) is 6.92 Å². The van der Waals surface area contributed by atoms with Crippen molar-refractivity contribution in [2.75, 3.05) is 13.2 Å². The molecular formula is C18H25NO4. The Bertz CT molecular complexity index is 648. The molecule has 23 heavy (non-hydrogen) atoms. The largest absolute Gasteiger partial charge is 0.464 e. The Labute approximate surface area is 136 Å². The summed E-state index contributed by atoms with van der Waals surface area (Å²) in [6.07, 6.45) is 1.76. The molecule has 5 nitrogen and oxygen atoms in total. The zero-order chi connectivity index (χ0) is 16.8. The summed E-state index contributed by atoms with van der Waals surface area (Å²) >= 11 is 0. The molecule has 0 saturated carbocycles. The van der Waals surface area contributed by atoms with Crippen LogP contribution in [0.4, 0.5) is 0 Å². The van der Waals surface area contributed by atoms with Crippen LogP contribution in [-0.2, 0) is 27.2 Å². The summed E-state index contributed by atoms with van der Waals surface area (Å²) in [6, 6.07) is 7.99. The fraction of sp³-hybridized carbons (Fsp3) is 0.500. The monoisotopic (exact) mass is 319 g/mol. The highest BCUT2D eigenvalue weighted by atomic mass is 16.6. The normalized spacial score (nSPS) is 12.7. The smallest absolute Gasteiger partial charge is 0.335 e. The first kappa shape index (κ1) is 17.5. The van der Waals surface area contributed by atoms with Crippen molar-refractivity contribution in [1.82, 2.24) is 4.57 Å². The lowest BCUT2D eigenvalue weighted by Gasteiger charge is -2.19. The third-order valence-corrected chi connectivity index (χ3v) is 3.64. The molecule has 1 aromatic heterocycles. The summed E-state index contributed by atoms with van der Waals surface area (Å²) in [5.41, 5.74) is 2.08. The molecule has 0 bridgehead atoms. The molecule has 1 heterocycles. The number of aliphatic hydroxyl groups is 1. The first-order chi connectivity index (χ1) is 11.1. The predicted molar refractivity (Wildman–Crippen MR) is 89.4 cm³/mol. The van der Waals surface area contributed by atoms with E-state index in [9.17, 15) is 4.79 Å². The molecule has 0 saturated heterocycles. The Morgan fingerprint density at radius 1 is 1.30 bits per heavy atom. The van der Waals surface area contributed by atoms with Crippen molar-refractivity contribution in [2.45, 2.75) is 45.9 Å². The lowest BCUT2D eigenvalue weighted by atomic mass is 10.0. The number of hydrogen-bond acceptors (Lipinski definition) is 4. The maximum Gasteiger partial charge on any atom is 0.335 e. The van der Waals surface area contributed by atoms with Crippen LogP contribution in [-0.4, -0.2) is 41.1 Å². The van der Waals surface area contributed by atoms with Gasteiger partial charge in [-0.1, -0.05) is 12.1 Å². The van der Waals surface area contributed by atoms with Crippen LogP contribution >= 0.6 is 0 Å². The van der Waals surface area contributed by atoms with Crippen LogP contribution in [0.1, 0.15) is 26.3 Å². The van der Waals surface area contributed by atoms with E-state index in [1.165, 1.54) is 0 Å². The minimum atomic E-state index is -0.609. The Balaban J connectivity index is 2.28. The van der Waals surface area contributed by atoms with E-state index in [2.05, 4.69) is 0 Å². The maximum absolute atomic E-state index is 12.1. The van der Waals surface area contributed by atoms with Crippen LogP contribution in [0.15, 0.2) is 30.5 Å². The highest BCUT2D eigenvalue weighted by molar-refractivity contribution is 5.85. The molecular weight excluding hydrogens is 294 g/mol. The van der Waals surface area contributed by atoms with E-state index in [0.29, 0.717) is 19.6 Å². The van der Waals surface area contributed by atoms with Gasteiger partial charge in [0, 0.05) is 30.1 Å². The minimum absolute atomic E-state index is 0.0532. The van der Waals surface area contributed by atoms with Gasteiger partial charge in [0.25, 0.3) is 0 Å². The molecule has 1 unspecified atom stereocenters. The fourth-order valence-corrected chi connectivity index (χ4v) is 2.72. The second-order valence-corrected chi connectivity index (χ2v) is 5.71. The Morgan fingerprint density at radius 3 is 2.74 bits per heavy atom. The van der Waals surface area contributed by atoms with Crippen molar-refractivity contribution in [1.29, 1.82) is 0 Å². The predicted octanol–water partition coefficient (Wildman–Crippen LogP) is 2.53. The van der Waals surface area contributed by atoms with Gasteiger partial charge in [-0.25, -0.2) is 4.79 Å². The van der Waals surface area contributed by atoms with Gasteiger partial charge in [-0.15, -0.1) is 0 Å². The van der Waals surface area contributed by atoms with Crippen LogP contribution in [0.3, 0.4) is 0 Å². The number of aromatic nitrogens is 1. The van der Waals surface area contributed by atoms with Crippen LogP contribution < -0.4 is 0 Å². The van der Waals surface area contributed by atoms with Crippen LogP contribution in [0, 0.1) is 0 Å². The number of ether oxygens (including phenoxy) is 2. The number of nitrogens with zero attached hydrogens (tertiary/aromatic N) is 1. The third-order valence-electron chi connectivity index (χ3n) is 3.64. The Morgan fingerprint density at radius 2 is 2.09 bits per heavy atom. The van der Waals surface area contributed by atoms with E-state index in [4.69, 9.17) is 14.6 Å². The third kappa shape index (κ3) is 4.33. The van der Waals surface area contributed by atoms with Gasteiger partial charge in [-0.2, -0.15) is 0 Å². The lowest BCUT2D eigenvalue weighted by molar-refractivity contribution is -0.159. The Kier molecular flexibility index (Phi) is 6.19. The zero-order valence-corrected chi connectivity index (χ0v) is 14.0. The number of aliphatic hydroxyl groups excluding tert-OH is 1. The quantitative estimate of drug-likeness (QED) is 0.760. The van der Waals surface area contributed by atoms with E-state index in [-0.39, 0.29) is 18.7 Å². The SMILES string of the molecule is CCOC(=O)C(Cc1cccc2c1ccn2CCO)OC(C)C. The highest BCUT2D eigenvalue weighted by Gasteiger charge is 2.23. The van der Waals surface area contributed by atoms with Crippen molar-refractivity contribution in [2.24, 2.45) is 0 Å². The molecule has 0 radical (unpaired) electrons. The first-order valence-electron chi connectivity index (χ1n) is 8.06. The van der Waals surface area contributed by atoms with Gasteiger partial charge in [0.15, 0.2) is 6.10 Å². The molecule has 0 fully saturated rings. The molecule has 0 aliphatic heterocycles. The van der Waals surface area contributed by atoms with Gasteiger partial charge in [0.2, 0.25) is 0 Å². The number of carbonyl (C=O) groups excluding carboxylic acids is 1. The van der Waals surface area contributed by atoms with Gasteiger partial charge in [0.05, 0.1) is 19.3 Å². The van der Waals surface area contributed by atoms with Crippen molar-refractivity contribution in [3.63, 3.8) is 0 Å². The molecule has 0 aliphatic carbocycles. The summed E-state index contributed by atoms with van der Waals surface area (Å²) in [5, 5.41) is 10.2. The number of esters is 1. The second kappa shape index (κ2) is 8.13. The van der Waals surface area contributed by atoms with E-state index in [0.717, 1.165) is 16.5 Å². The number of carbonyl (C=O) groups is 1. The van der Waals surface area contributed by atoms with Crippen molar-refractivity contribution in [3.8, 4) is 0 Å². The standard InChI is InChI=1S/C18H25NO4/c1-4-22-18(21)17(23-13(2)3)12-14-6-5-7-16-15(14)8-9-19(16)10-11-20/h5-9,13,17,20H,4,10-12H2,1-3H3. The molecule has 5 heteroatoms. The second-order valence-electron chi connectivity index (χ2n) is 5.71. The summed E-state index contributed by atoms with van der Waals surface area (Å²) in [4.78, 5) is 12.1. The van der Waals surface area contributed by atoms with Gasteiger partial charge in [0.1, 0.15) is 0 Å². The van der Waals surface area contributed by atoms with Gasteiger partial charge in [-0.3, -0.25) is 0 Å². The van der Waals surface area contributed by atoms with Crippen molar-refractivity contribution < 1.29 is 19.4 Å². The van der Waals surface area contributed by atoms with Gasteiger partial charge >= 0.3 is 5.97 Å². The molecule has 1 N–H and O–H groups in total. The summed E-state index contributed by atoms with van der Waals surface area (Å²) in [6.45, 7) is 6.59. The average molecular weight is 319 g/mol. The molecule has 0 aliphatic rings. The molecule has 2 aromatic rings. The van der Waals surface area contributed by atoms with Crippen molar-refractivity contribution >= 4 is 16.9 Å². The lowest BCUT2D eigenvalue weighted by Crippen LogP contribution is -2.31. The molecule has 0 spiro atoms. The number of benzene rings is 1. The maximum atomic E-state index is 12.1. The fourth-order valence-electron chi connectivity index (χ4n) is 2.72. The zero-order valence-electron chi connectivity index (χ0n) is 14.0. The summed E-state index contributed by atoms with van der Waals surface area (Å²) in [7, 11) is 0. The van der Waals surface area contributed by atoms with Crippen LogP contribution in [0.25, 0.3) is 10.9 Å². The number of rotatable bonds is 8. The highest BCUT2D eigenvalue weighted by Crippen LogP contribution is 2.23. The van der Waals surface area contributed by atoms with Gasteiger partial charge in [-0.05, 0) is 38.5 Å². The molecule has 1 aromatic carbocycles. The molecule has 1 atom stereocenters.